The molecule has 0 spiro atoms. The molecule has 2 heteroatoms. The minimum absolute atomic E-state index is 0.856. The van der Waals surface area contributed by atoms with Crippen LogP contribution < -0.4 is 0 Å². The maximum absolute atomic E-state index is 5.23. The number of hydrogen-bond acceptors (Lipinski definition) is 2. The summed E-state index contributed by atoms with van der Waals surface area (Å²) in [5.74, 6) is 0. The molecule has 3 rings (SSSR count). The first kappa shape index (κ1) is 8.24. The second-order valence-electron chi connectivity index (χ2n) is 3.31. The summed E-state index contributed by atoms with van der Waals surface area (Å²) in [5, 5.41) is 0.984. The molecule has 0 bridgehead atoms. The largest absolute Gasteiger partial charge is 0.464 e. The van der Waals surface area contributed by atoms with Crippen molar-refractivity contribution in [3.8, 4) is 11.3 Å². The van der Waals surface area contributed by atoms with Crippen LogP contribution in [0.3, 0.4) is 0 Å². The van der Waals surface area contributed by atoms with Gasteiger partial charge in [0.2, 0.25) is 0 Å². The first-order valence-electron chi connectivity index (χ1n) is 4.74. The third kappa shape index (κ3) is 1.40. The van der Waals surface area contributed by atoms with E-state index in [1.807, 2.05) is 36.4 Å². The molecule has 0 N–H and O–H groups in total. The lowest BCUT2D eigenvalue weighted by atomic mass is 10.1. The van der Waals surface area contributed by atoms with Crippen molar-refractivity contribution in [1.82, 2.24) is 4.98 Å². The number of fused-ring (bicyclic) bond motifs is 1. The maximum Gasteiger partial charge on any atom is 0.134 e. The summed E-state index contributed by atoms with van der Waals surface area (Å²) in [5.41, 5.74) is 2.91. The Bertz CT molecular complexity index is 584. The molecule has 0 fully saturated rings. The molecule has 0 amide bonds. The van der Waals surface area contributed by atoms with Crippen LogP contribution in [0.4, 0.5) is 0 Å². The van der Waals surface area contributed by atoms with Crippen LogP contribution in [0, 0.1) is 6.07 Å². The topological polar surface area (TPSA) is 26.0 Å². The van der Waals surface area contributed by atoms with Crippen LogP contribution in [0.1, 0.15) is 0 Å². The molecule has 0 atom stereocenters. The minimum Gasteiger partial charge on any atom is -0.464 e. The van der Waals surface area contributed by atoms with Crippen LogP contribution in [0.25, 0.3) is 22.2 Å². The van der Waals surface area contributed by atoms with E-state index >= 15 is 0 Å². The van der Waals surface area contributed by atoms with Gasteiger partial charge in [-0.25, -0.2) is 0 Å². The Morgan fingerprint density at radius 3 is 3.00 bits per heavy atom. The molecule has 71 valence electrons. The summed E-state index contributed by atoms with van der Waals surface area (Å²) >= 11 is 0. The number of hydrogen-bond donors (Lipinski definition) is 0. The molecule has 2 aromatic heterocycles. The van der Waals surface area contributed by atoms with Gasteiger partial charge < -0.3 is 4.42 Å². The van der Waals surface area contributed by atoms with E-state index in [4.69, 9.17) is 4.42 Å². The zero-order valence-corrected chi connectivity index (χ0v) is 7.97. The second-order valence-corrected chi connectivity index (χ2v) is 3.31. The van der Waals surface area contributed by atoms with Crippen molar-refractivity contribution in [2.45, 2.75) is 0 Å². The van der Waals surface area contributed by atoms with Crippen molar-refractivity contribution in [2.24, 2.45) is 0 Å². The summed E-state index contributed by atoms with van der Waals surface area (Å²) in [6, 6.07) is 14.9. The average molecular weight is 194 g/mol. The Labute approximate surface area is 87.2 Å². The molecule has 2 nitrogen and oxygen atoms in total. The zero-order valence-electron chi connectivity index (χ0n) is 7.97. The van der Waals surface area contributed by atoms with Gasteiger partial charge in [-0.3, -0.25) is 4.98 Å². The first-order chi connectivity index (χ1) is 7.43. The average Bonchev–Trinajstić information content (AvgIpc) is 2.77. The van der Waals surface area contributed by atoms with Gasteiger partial charge in [-0.1, -0.05) is 6.07 Å². The Kier molecular flexibility index (Phi) is 1.78. The molecule has 0 aliphatic rings. The van der Waals surface area contributed by atoms with Gasteiger partial charge >= 0.3 is 0 Å². The predicted octanol–water partition coefficient (Wildman–Crippen LogP) is 3.29. The fourth-order valence-corrected chi connectivity index (χ4v) is 1.59. The molecule has 15 heavy (non-hydrogen) atoms. The second kappa shape index (κ2) is 3.24. The third-order valence-corrected chi connectivity index (χ3v) is 2.34. The van der Waals surface area contributed by atoms with Crippen LogP contribution in [-0.4, -0.2) is 4.98 Å². The highest BCUT2D eigenvalue weighted by Crippen LogP contribution is 2.22. The smallest absolute Gasteiger partial charge is 0.134 e. The predicted molar refractivity (Wildman–Crippen MR) is 58.3 cm³/mol. The van der Waals surface area contributed by atoms with Gasteiger partial charge in [0, 0.05) is 23.2 Å². The van der Waals surface area contributed by atoms with E-state index in [0.29, 0.717) is 0 Å². The zero-order chi connectivity index (χ0) is 10.1. The standard InChI is InChI=1S/C13H8NO/c1-2-7-14-12(3-1)10-4-5-13-11(9-10)6-8-15-13/h1-5,7-9H. The molecule has 1 radical (unpaired) electrons. The van der Waals surface area contributed by atoms with Crippen molar-refractivity contribution in [3.05, 3.63) is 54.9 Å². The Morgan fingerprint density at radius 1 is 1.13 bits per heavy atom. The van der Waals surface area contributed by atoms with Gasteiger partial charge in [0.1, 0.15) is 5.58 Å². The number of rotatable bonds is 1. The van der Waals surface area contributed by atoms with Gasteiger partial charge in [-0.2, -0.15) is 0 Å². The highest BCUT2D eigenvalue weighted by atomic mass is 16.3. The number of benzene rings is 1. The summed E-state index contributed by atoms with van der Waals surface area (Å²) in [6.07, 6.45) is 3.37. The SMILES string of the molecule is [c]1coc2ccc(-c3ccccn3)cc12. The van der Waals surface area contributed by atoms with E-state index < -0.39 is 0 Å². The van der Waals surface area contributed by atoms with Gasteiger partial charge in [0.25, 0.3) is 0 Å². The number of pyridine rings is 1. The number of nitrogens with zero attached hydrogens (tertiary/aromatic N) is 1. The van der Waals surface area contributed by atoms with E-state index in [1.54, 1.807) is 12.5 Å². The molecule has 1 aromatic carbocycles. The lowest BCUT2D eigenvalue weighted by Gasteiger charge is -1.99. The van der Waals surface area contributed by atoms with Crippen LogP contribution in [-0.2, 0) is 0 Å². The van der Waals surface area contributed by atoms with Crippen LogP contribution >= 0.6 is 0 Å². The number of aromatic nitrogens is 1. The van der Waals surface area contributed by atoms with Crippen molar-refractivity contribution in [1.29, 1.82) is 0 Å². The van der Waals surface area contributed by atoms with E-state index in [9.17, 15) is 0 Å². The maximum atomic E-state index is 5.23. The summed E-state index contributed by atoms with van der Waals surface area (Å²) in [4.78, 5) is 4.30. The summed E-state index contributed by atoms with van der Waals surface area (Å²) in [6.45, 7) is 0. The van der Waals surface area contributed by atoms with Crippen molar-refractivity contribution in [2.75, 3.05) is 0 Å². The first-order valence-corrected chi connectivity index (χ1v) is 4.74. The summed E-state index contributed by atoms with van der Waals surface area (Å²) < 4.78 is 5.23. The van der Waals surface area contributed by atoms with Gasteiger partial charge in [0.05, 0.1) is 12.0 Å². The Balaban J connectivity index is 2.19. The normalized spacial score (nSPS) is 10.7. The van der Waals surface area contributed by atoms with Gasteiger partial charge in [-0.05, 0) is 30.3 Å². The van der Waals surface area contributed by atoms with Crippen molar-refractivity contribution < 1.29 is 4.42 Å². The van der Waals surface area contributed by atoms with E-state index in [0.717, 1.165) is 22.2 Å². The van der Waals surface area contributed by atoms with Crippen molar-refractivity contribution in [3.63, 3.8) is 0 Å². The monoisotopic (exact) mass is 194 g/mol. The molecule has 0 unspecified atom stereocenters. The highest BCUT2D eigenvalue weighted by Gasteiger charge is 2.01. The van der Waals surface area contributed by atoms with Gasteiger partial charge in [-0.15, -0.1) is 0 Å². The number of furan rings is 1. The lowest BCUT2D eigenvalue weighted by Crippen LogP contribution is -1.80. The van der Waals surface area contributed by atoms with Crippen LogP contribution in [0.2, 0.25) is 0 Å². The summed E-state index contributed by atoms with van der Waals surface area (Å²) in [7, 11) is 0. The molecule has 3 aromatic rings. The molecule has 2 heterocycles. The van der Waals surface area contributed by atoms with E-state index in [1.165, 1.54) is 0 Å². The quantitative estimate of drug-likeness (QED) is 0.594. The van der Waals surface area contributed by atoms with Crippen LogP contribution in [0.15, 0.2) is 53.3 Å². The third-order valence-electron chi connectivity index (χ3n) is 2.34. The molecular formula is C13H8NO. The molecule has 0 saturated heterocycles. The van der Waals surface area contributed by atoms with Crippen molar-refractivity contribution >= 4 is 11.0 Å². The fourth-order valence-electron chi connectivity index (χ4n) is 1.59. The van der Waals surface area contributed by atoms with E-state index in [2.05, 4.69) is 11.1 Å². The molecule has 0 saturated carbocycles. The Morgan fingerprint density at radius 2 is 2.13 bits per heavy atom. The fraction of sp³-hybridized carbons (Fsp3) is 0. The van der Waals surface area contributed by atoms with Gasteiger partial charge in [0.15, 0.2) is 0 Å². The molecular weight excluding hydrogens is 186 g/mol. The minimum atomic E-state index is 0.856. The Hall–Kier alpha value is -2.09. The molecule has 0 aliphatic carbocycles. The van der Waals surface area contributed by atoms with E-state index in [-0.39, 0.29) is 0 Å². The lowest BCUT2D eigenvalue weighted by molar-refractivity contribution is 0.615. The van der Waals surface area contributed by atoms with Crippen LogP contribution in [0.5, 0.6) is 0 Å². The molecule has 0 aliphatic heterocycles. The highest BCUT2D eigenvalue weighted by molar-refractivity contribution is 5.82.